The van der Waals surface area contributed by atoms with Crippen molar-refractivity contribution in [2.45, 2.75) is 20.3 Å². The first kappa shape index (κ1) is 12.9. The number of nitrogens with zero attached hydrogens (tertiary/aromatic N) is 3. The lowest BCUT2D eigenvalue weighted by atomic mass is 10.2. The van der Waals surface area contributed by atoms with Crippen molar-refractivity contribution in [3.05, 3.63) is 52.0 Å². The summed E-state index contributed by atoms with van der Waals surface area (Å²) in [5, 5.41) is 11.0. The molecule has 0 aliphatic rings. The van der Waals surface area contributed by atoms with Crippen molar-refractivity contribution in [1.29, 1.82) is 0 Å². The van der Waals surface area contributed by atoms with E-state index in [1.807, 2.05) is 6.92 Å². The molecular weight excluding hydrogens is 246 g/mol. The predicted molar refractivity (Wildman–Crippen MR) is 69.3 cm³/mol. The fourth-order valence-electron chi connectivity index (χ4n) is 1.57. The van der Waals surface area contributed by atoms with Gasteiger partial charge in [0, 0.05) is 18.5 Å². The zero-order valence-corrected chi connectivity index (χ0v) is 10.7. The number of pyridine rings is 2. The Morgan fingerprint density at radius 1 is 1.42 bits per heavy atom. The van der Waals surface area contributed by atoms with Crippen LogP contribution in [0.5, 0.6) is 11.6 Å². The van der Waals surface area contributed by atoms with Crippen molar-refractivity contribution in [1.82, 2.24) is 9.97 Å². The molecule has 0 spiro atoms. The van der Waals surface area contributed by atoms with Crippen molar-refractivity contribution >= 4 is 5.69 Å². The van der Waals surface area contributed by atoms with Gasteiger partial charge in [0.1, 0.15) is 0 Å². The van der Waals surface area contributed by atoms with Gasteiger partial charge in [0.2, 0.25) is 0 Å². The van der Waals surface area contributed by atoms with E-state index in [1.165, 1.54) is 6.07 Å². The molecule has 0 bridgehead atoms. The second kappa shape index (κ2) is 5.43. The number of aromatic nitrogens is 2. The summed E-state index contributed by atoms with van der Waals surface area (Å²) in [5.41, 5.74) is 1.31. The molecular formula is C13H13N3O3. The maximum Gasteiger partial charge on any atom is 0.331 e. The number of nitro groups is 1. The molecule has 0 fully saturated rings. The molecule has 0 aliphatic heterocycles. The van der Waals surface area contributed by atoms with Gasteiger partial charge in [-0.15, -0.1) is 0 Å². The molecule has 6 nitrogen and oxygen atoms in total. The Balaban J connectivity index is 2.40. The van der Waals surface area contributed by atoms with E-state index in [-0.39, 0.29) is 11.6 Å². The Labute approximate surface area is 110 Å². The number of rotatable bonds is 4. The van der Waals surface area contributed by atoms with Crippen molar-refractivity contribution < 1.29 is 9.66 Å². The van der Waals surface area contributed by atoms with E-state index < -0.39 is 4.92 Å². The van der Waals surface area contributed by atoms with Gasteiger partial charge in [-0.3, -0.25) is 15.1 Å². The topological polar surface area (TPSA) is 78.2 Å². The highest BCUT2D eigenvalue weighted by atomic mass is 16.6. The summed E-state index contributed by atoms with van der Waals surface area (Å²) in [5.74, 6) is 0.445. The number of hydrogen-bond acceptors (Lipinski definition) is 5. The second-order valence-electron chi connectivity index (χ2n) is 3.97. The summed E-state index contributed by atoms with van der Waals surface area (Å²) in [6, 6.07) is 4.88. The minimum absolute atomic E-state index is 0.0155. The summed E-state index contributed by atoms with van der Waals surface area (Å²) < 4.78 is 5.49. The smallest absolute Gasteiger partial charge is 0.331 e. The maximum atomic E-state index is 11.0. The molecule has 19 heavy (non-hydrogen) atoms. The lowest BCUT2D eigenvalue weighted by Crippen LogP contribution is -1.99. The Morgan fingerprint density at radius 2 is 2.21 bits per heavy atom. The van der Waals surface area contributed by atoms with Crippen LogP contribution in [0.25, 0.3) is 0 Å². The highest BCUT2D eigenvalue weighted by Crippen LogP contribution is 2.30. The summed E-state index contributed by atoms with van der Waals surface area (Å²) in [6.45, 7) is 3.67. The van der Waals surface area contributed by atoms with Crippen LogP contribution in [-0.2, 0) is 6.42 Å². The Bertz CT molecular complexity index is 614. The molecule has 0 unspecified atom stereocenters. The normalized spacial score (nSPS) is 10.2. The first-order chi connectivity index (χ1) is 9.11. The van der Waals surface area contributed by atoms with Gasteiger partial charge in [-0.2, -0.15) is 0 Å². The lowest BCUT2D eigenvalue weighted by Gasteiger charge is -2.07. The first-order valence-corrected chi connectivity index (χ1v) is 5.84. The van der Waals surface area contributed by atoms with Crippen molar-refractivity contribution in [3.8, 4) is 11.6 Å². The Hall–Kier alpha value is -2.50. The molecule has 0 amide bonds. The minimum Gasteiger partial charge on any atom is -0.432 e. The predicted octanol–water partition coefficient (Wildman–Crippen LogP) is 3.05. The molecule has 2 heterocycles. The monoisotopic (exact) mass is 259 g/mol. The van der Waals surface area contributed by atoms with Gasteiger partial charge in [0.15, 0.2) is 5.75 Å². The van der Waals surface area contributed by atoms with Gasteiger partial charge in [-0.25, -0.2) is 4.98 Å². The summed E-state index contributed by atoms with van der Waals surface area (Å²) in [4.78, 5) is 18.6. The zero-order valence-electron chi connectivity index (χ0n) is 10.7. The fraction of sp³-hybridized carbons (Fsp3) is 0.231. The second-order valence-corrected chi connectivity index (χ2v) is 3.97. The number of hydrogen-bond donors (Lipinski definition) is 0. The summed E-state index contributed by atoms with van der Waals surface area (Å²) >= 11 is 0. The average molecular weight is 259 g/mol. The largest absolute Gasteiger partial charge is 0.432 e. The third-order valence-corrected chi connectivity index (χ3v) is 2.66. The molecule has 0 N–H and O–H groups in total. The van der Waals surface area contributed by atoms with Crippen LogP contribution in [0.1, 0.15) is 18.2 Å². The summed E-state index contributed by atoms with van der Waals surface area (Å²) in [6.07, 6.45) is 3.89. The highest BCUT2D eigenvalue weighted by molar-refractivity contribution is 5.45. The van der Waals surface area contributed by atoms with Gasteiger partial charge in [0.05, 0.1) is 10.6 Å². The van der Waals surface area contributed by atoms with Crippen LogP contribution in [-0.4, -0.2) is 14.9 Å². The molecule has 98 valence electrons. The van der Waals surface area contributed by atoms with Gasteiger partial charge in [-0.05, 0) is 31.0 Å². The van der Waals surface area contributed by atoms with E-state index in [1.54, 1.807) is 31.5 Å². The molecule has 0 atom stereocenters. The standard InChI is InChI=1S/C13H13N3O3/c1-3-10-7-11(16(17)18)13(15-8-10)19-12-5-4-6-14-9(12)2/h4-8H,3H2,1-2H3. The van der Waals surface area contributed by atoms with E-state index in [4.69, 9.17) is 4.74 Å². The van der Waals surface area contributed by atoms with Crippen LogP contribution in [0.15, 0.2) is 30.6 Å². The van der Waals surface area contributed by atoms with Gasteiger partial charge < -0.3 is 4.74 Å². The highest BCUT2D eigenvalue weighted by Gasteiger charge is 2.19. The number of ether oxygens (including phenoxy) is 1. The first-order valence-electron chi connectivity index (χ1n) is 5.84. The number of aryl methyl sites for hydroxylation is 2. The lowest BCUT2D eigenvalue weighted by molar-refractivity contribution is -0.386. The van der Waals surface area contributed by atoms with Crippen LogP contribution in [0.4, 0.5) is 5.69 Å². The molecule has 0 radical (unpaired) electrons. The van der Waals surface area contributed by atoms with Gasteiger partial charge in [0.25, 0.3) is 5.88 Å². The van der Waals surface area contributed by atoms with Crippen molar-refractivity contribution in [2.75, 3.05) is 0 Å². The van der Waals surface area contributed by atoms with Crippen LogP contribution in [0, 0.1) is 17.0 Å². The molecule has 2 aromatic rings. The van der Waals surface area contributed by atoms with E-state index in [2.05, 4.69) is 9.97 Å². The van der Waals surface area contributed by atoms with Crippen LogP contribution in [0.2, 0.25) is 0 Å². The molecule has 0 aliphatic carbocycles. The quantitative estimate of drug-likeness (QED) is 0.622. The molecule has 2 aromatic heterocycles. The SMILES string of the molecule is CCc1cnc(Oc2cccnc2C)c([N+](=O)[O-])c1. The third kappa shape index (κ3) is 2.85. The van der Waals surface area contributed by atoms with E-state index in [0.717, 1.165) is 5.56 Å². The van der Waals surface area contributed by atoms with E-state index in [9.17, 15) is 10.1 Å². The van der Waals surface area contributed by atoms with Crippen LogP contribution in [0.3, 0.4) is 0 Å². The Kier molecular flexibility index (Phi) is 3.70. The van der Waals surface area contributed by atoms with Crippen LogP contribution >= 0.6 is 0 Å². The molecule has 0 saturated carbocycles. The zero-order chi connectivity index (χ0) is 13.8. The Morgan fingerprint density at radius 3 is 2.84 bits per heavy atom. The maximum absolute atomic E-state index is 11.0. The van der Waals surface area contributed by atoms with Gasteiger partial charge >= 0.3 is 5.69 Å². The van der Waals surface area contributed by atoms with Crippen molar-refractivity contribution in [2.24, 2.45) is 0 Å². The van der Waals surface area contributed by atoms with Crippen LogP contribution < -0.4 is 4.74 Å². The van der Waals surface area contributed by atoms with E-state index in [0.29, 0.717) is 17.9 Å². The molecule has 6 heteroatoms. The van der Waals surface area contributed by atoms with Crippen molar-refractivity contribution in [3.63, 3.8) is 0 Å². The van der Waals surface area contributed by atoms with E-state index >= 15 is 0 Å². The molecule has 0 saturated heterocycles. The summed E-state index contributed by atoms with van der Waals surface area (Å²) in [7, 11) is 0. The molecule has 2 rings (SSSR count). The average Bonchev–Trinajstić information content (AvgIpc) is 2.41. The van der Waals surface area contributed by atoms with Gasteiger partial charge in [-0.1, -0.05) is 6.92 Å². The molecule has 0 aromatic carbocycles. The fourth-order valence-corrected chi connectivity index (χ4v) is 1.57. The third-order valence-electron chi connectivity index (χ3n) is 2.66. The minimum atomic E-state index is -0.493.